The van der Waals surface area contributed by atoms with Gasteiger partial charge >= 0.3 is 0 Å². The summed E-state index contributed by atoms with van der Waals surface area (Å²) < 4.78 is 5.90. The van der Waals surface area contributed by atoms with E-state index in [0.717, 1.165) is 23.3 Å². The van der Waals surface area contributed by atoms with Gasteiger partial charge in [-0.05, 0) is 19.4 Å². The van der Waals surface area contributed by atoms with Crippen molar-refractivity contribution in [1.29, 1.82) is 0 Å². The second-order valence-corrected chi connectivity index (χ2v) is 5.15. The van der Waals surface area contributed by atoms with Crippen LogP contribution in [-0.2, 0) is 11.2 Å². The first-order valence-corrected chi connectivity index (χ1v) is 5.74. The number of para-hydroxylation sites is 1. The van der Waals surface area contributed by atoms with Crippen LogP contribution in [0.5, 0.6) is 5.75 Å². The minimum absolute atomic E-state index is 0.139. The van der Waals surface area contributed by atoms with Gasteiger partial charge in [0.25, 0.3) is 0 Å². The molecule has 1 heterocycles. The van der Waals surface area contributed by atoms with E-state index in [0.29, 0.717) is 0 Å². The van der Waals surface area contributed by atoms with Gasteiger partial charge in [-0.3, -0.25) is 4.79 Å². The Hall–Kier alpha value is -1.55. The molecule has 1 aliphatic heterocycles. The largest absolute Gasteiger partial charge is 0.487 e. The maximum Gasteiger partial charge on any atom is 0.219 e. The molecule has 4 heteroatoms. The molecule has 0 fully saturated rings. The van der Waals surface area contributed by atoms with Crippen LogP contribution in [0.3, 0.4) is 0 Å². The highest BCUT2D eigenvalue weighted by molar-refractivity contribution is 5.75. The van der Waals surface area contributed by atoms with E-state index < -0.39 is 11.9 Å². The molecular formula is C13H18N2O2. The Morgan fingerprint density at radius 2 is 2.24 bits per heavy atom. The van der Waals surface area contributed by atoms with Crippen LogP contribution in [0.4, 0.5) is 0 Å². The van der Waals surface area contributed by atoms with E-state index in [2.05, 4.69) is 0 Å². The normalized spacial score (nSPS) is 18.3. The molecule has 1 atom stereocenters. The summed E-state index contributed by atoms with van der Waals surface area (Å²) in [5.41, 5.74) is 13.0. The molecule has 1 aromatic rings. The Morgan fingerprint density at radius 3 is 2.88 bits per heavy atom. The first-order valence-electron chi connectivity index (χ1n) is 5.74. The van der Waals surface area contributed by atoms with Crippen molar-refractivity contribution in [2.45, 2.75) is 38.3 Å². The summed E-state index contributed by atoms with van der Waals surface area (Å²) in [7, 11) is 0. The van der Waals surface area contributed by atoms with Crippen LogP contribution in [0.1, 0.15) is 37.4 Å². The predicted molar refractivity (Wildman–Crippen MR) is 65.6 cm³/mol. The van der Waals surface area contributed by atoms with Crippen molar-refractivity contribution in [2.24, 2.45) is 11.5 Å². The number of primary amides is 1. The highest BCUT2D eigenvalue weighted by Crippen LogP contribution is 2.39. The molecule has 0 aliphatic carbocycles. The Kier molecular flexibility index (Phi) is 2.83. The van der Waals surface area contributed by atoms with Crippen molar-refractivity contribution < 1.29 is 9.53 Å². The van der Waals surface area contributed by atoms with Crippen molar-refractivity contribution in [3.63, 3.8) is 0 Å². The lowest BCUT2D eigenvalue weighted by atomic mass is 9.97. The Morgan fingerprint density at radius 1 is 1.53 bits per heavy atom. The molecule has 1 aromatic carbocycles. The number of rotatable bonds is 3. The van der Waals surface area contributed by atoms with Gasteiger partial charge in [-0.1, -0.05) is 18.2 Å². The number of carbonyl (C=O) groups excluding carboxylic acids is 1. The van der Waals surface area contributed by atoms with Gasteiger partial charge in [0.2, 0.25) is 5.91 Å². The predicted octanol–water partition coefficient (Wildman–Crippen LogP) is 1.28. The molecule has 0 saturated carbocycles. The lowest BCUT2D eigenvalue weighted by Crippen LogP contribution is -2.25. The van der Waals surface area contributed by atoms with Gasteiger partial charge in [0.05, 0.1) is 0 Å². The summed E-state index contributed by atoms with van der Waals surface area (Å²) in [5, 5.41) is 0. The van der Waals surface area contributed by atoms with Crippen LogP contribution in [0.2, 0.25) is 0 Å². The number of amides is 1. The van der Waals surface area contributed by atoms with Gasteiger partial charge in [-0.15, -0.1) is 0 Å². The minimum Gasteiger partial charge on any atom is -0.487 e. The minimum atomic E-state index is -0.396. The van der Waals surface area contributed by atoms with E-state index in [1.807, 2.05) is 32.0 Å². The fraction of sp³-hybridized carbons (Fsp3) is 0.462. The molecule has 17 heavy (non-hydrogen) atoms. The Balaban J connectivity index is 2.32. The van der Waals surface area contributed by atoms with Crippen LogP contribution < -0.4 is 16.2 Å². The molecule has 1 aliphatic rings. The molecule has 4 N–H and O–H groups in total. The van der Waals surface area contributed by atoms with Crippen LogP contribution >= 0.6 is 0 Å². The number of ether oxygens (including phenoxy) is 1. The summed E-state index contributed by atoms with van der Waals surface area (Å²) >= 11 is 0. The van der Waals surface area contributed by atoms with Crippen molar-refractivity contribution in [3.05, 3.63) is 29.3 Å². The number of fused-ring (bicyclic) bond motifs is 1. The van der Waals surface area contributed by atoms with Crippen molar-refractivity contribution >= 4 is 5.91 Å². The third-order valence-electron chi connectivity index (χ3n) is 2.94. The third-order valence-corrected chi connectivity index (χ3v) is 2.94. The molecule has 0 spiro atoms. The topological polar surface area (TPSA) is 78.3 Å². The smallest absolute Gasteiger partial charge is 0.219 e. The summed E-state index contributed by atoms with van der Waals surface area (Å²) in [6, 6.07) is 5.48. The van der Waals surface area contributed by atoms with Gasteiger partial charge in [-0.2, -0.15) is 0 Å². The fourth-order valence-electron chi connectivity index (χ4n) is 2.26. The average molecular weight is 234 g/mol. The summed E-state index contributed by atoms with van der Waals surface area (Å²) in [6.45, 7) is 4.08. The Bertz CT molecular complexity index is 455. The molecule has 0 saturated heterocycles. The van der Waals surface area contributed by atoms with Crippen molar-refractivity contribution in [3.8, 4) is 5.75 Å². The summed E-state index contributed by atoms with van der Waals surface area (Å²) in [4.78, 5) is 10.9. The first kappa shape index (κ1) is 11.9. The highest BCUT2D eigenvalue weighted by Gasteiger charge is 2.32. The van der Waals surface area contributed by atoms with E-state index in [1.54, 1.807) is 0 Å². The molecule has 0 radical (unpaired) electrons. The van der Waals surface area contributed by atoms with E-state index >= 15 is 0 Å². The second-order valence-electron chi connectivity index (χ2n) is 5.15. The number of benzene rings is 1. The first-order chi connectivity index (χ1) is 7.89. The SMILES string of the molecule is CC1(C)Cc2cccc([C@@H](N)CC(N)=O)c2O1. The molecule has 4 nitrogen and oxygen atoms in total. The number of nitrogens with two attached hydrogens (primary N) is 2. The van der Waals surface area contributed by atoms with Crippen molar-refractivity contribution in [2.75, 3.05) is 0 Å². The standard InChI is InChI=1S/C13H18N2O2/c1-13(2)7-8-4-3-5-9(12(8)17-13)10(14)6-11(15)16/h3-5,10H,6-7,14H2,1-2H3,(H2,15,16)/t10-/m0/s1. The Labute approximate surface area is 101 Å². The zero-order valence-electron chi connectivity index (χ0n) is 10.2. The van der Waals surface area contributed by atoms with Gasteiger partial charge in [-0.25, -0.2) is 0 Å². The van der Waals surface area contributed by atoms with E-state index in [9.17, 15) is 4.79 Å². The second kappa shape index (κ2) is 4.04. The van der Waals surface area contributed by atoms with Crippen LogP contribution in [0.25, 0.3) is 0 Å². The number of hydrogen-bond acceptors (Lipinski definition) is 3. The zero-order valence-corrected chi connectivity index (χ0v) is 10.2. The lowest BCUT2D eigenvalue weighted by Gasteiger charge is -2.19. The molecule has 1 amide bonds. The van der Waals surface area contributed by atoms with Crippen molar-refractivity contribution in [1.82, 2.24) is 0 Å². The lowest BCUT2D eigenvalue weighted by molar-refractivity contribution is -0.118. The summed E-state index contributed by atoms with van der Waals surface area (Å²) in [5.74, 6) is 0.429. The van der Waals surface area contributed by atoms with Gasteiger partial charge < -0.3 is 16.2 Å². The summed E-state index contributed by atoms with van der Waals surface area (Å²) in [6.07, 6.45) is 1.000. The fourth-order valence-corrected chi connectivity index (χ4v) is 2.26. The zero-order chi connectivity index (χ0) is 12.6. The molecule has 0 bridgehead atoms. The molecular weight excluding hydrogens is 216 g/mol. The molecule has 0 unspecified atom stereocenters. The molecule has 92 valence electrons. The van der Waals surface area contributed by atoms with E-state index in [1.165, 1.54) is 0 Å². The maximum absolute atomic E-state index is 10.9. The van der Waals surface area contributed by atoms with Crippen LogP contribution in [-0.4, -0.2) is 11.5 Å². The highest BCUT2D eigenvalue weighted by atomic mass is 16.5. The van der Waals surface area contributed by atoms with E-state index in [4.69, 9.17) is 16.2 Å². The van der Waals surface area contributed by atoms with Crippen LogP contribution in [0.15, 0.2) is 18.2 Å². The van der Waals surface area contributed by atoms with Gasteiger partial charge in [0.1, 0.15) is 11.4 Å². The average Bonchev–Trinajstić information content (AvgIpc) is 2.49. The third kappa shape index (κ3) is 2.42. The van der Waals surface area contributed by atoms with Gasteiger partial charge in [0, 0.05) is 24.4 Å². The molecule has 0 aromatic heterocycles. The van der Waals surface area contributed by atoms with Crippen LogP contribution in [0, 0.1) is 0 Å². The quantitative estimate of drug-likeness (QED) is 0.826. The number of hydrogen-bond donors (Lipinski definition) is 2. The molecule has 2 rings (SSSR count). The number of carbonyl (C=O) groups is 1. The van der Waals surface area contributed by atoms with E-state index in [-0.39, 0.29) is 12.0 Å². The monoisotopic (exact) mass is 234 g/mol. The van der Waals surface area contributed by atoms with Gasteiger partial charge in [0.15, 0.2) is 0 Å². The maximum atomic E-state index is 10.9.